The number of aromatic hydroxyl groups is 1. The van der Waals surface area contributed by atoms with E-state index in [1.165, 1.54) is 29.7 Å². The standard InChI is InChI=1S/C13H8FNO4S/c14-11-6-9(16)2-3-10(11)12(17)4-1-8-5-13(15(18)19)20-7-8/h1-7,16H/b4-1+. The third-order valence-electron chi connectivity index (χ3n) is 2.43. The normalized spacial score (nSPS) is 10.8. The van der Waals surface area contributed by atoms with Crippen LogP contribution in [0.25, 0.3) is 6.08 Å². The van der Waals surface area contributed by atoms with Crippen LogP contribution in [0.15, 0.2) is 35.7 Å². The van der Waals surface area contributed by atoms with Gasteiger partial charge in [0, 0.05) is 17.5 Å². The zero-order valence-electron chi connectivity index (χ0n) is 9.95. The number of phenolic OH excluding ortho intramolecular Hbond substituents is 1. The van der Waals surface area contributed by atoms with Gasteiger partial charge in [0.1, 0.15) is 11.6 Å². The molecule has 5 nitrogen and oxygen atoms in total. The Morgan fingerprint density at radius 2 is 2.15 bits per heavy atom. The summed E-state index contributed by atoms with van der Waals surface area (Å²) in [7, 11) is 0. The van der Waals surface area contributed by atoms with Crippen molar-refractivity contribution >= 4 is 28.2 Å². The molecule has 1 heterocycles. The van der Waals surface area contributed by atoms with E-state index in [1.54, 1.807) is 0 Å². The number of rotatable bonds is 4. The van der Waals surface area contributed by atoms with Crippen molar-refractivity contribution < 1.29 is 19.2 Å². The first-order valence-corrected chi connectivity index (χ1v) is 6.29. The molecule has 0 bridgehead atoms. The van der Waals surface area contributed by atoms with Crippen LogP contribution in [0.4, 0.5) is 9.39 Å². The van der Waals surface area contributed by atoms with E-state index in [-0.39, 0.29) is 16.3 Å². The summed E-state index contributed by atoms with van der Waals surface area (Å²) in [6.45, 7) is 0. The van der Waals surface area contributed by atoms with Crippen LogP contribution in [0.3, 0.4) is 0 Å². The van der Waals surface area contributed by atoms with Gasteiger partial charge in [0.2, 0.25) is 0 Å². The summed E-state index contributed by atoms with van der Waals surface area (Å²) in [5, 5.41) is 21.0. The fourth-order valence-electron chi connectivity index (χ4n) is 1.49. The fraction of sp³-hybridized carbons (Fsp3) is 0. The second kappa shape index (κ2) is 5.62. The summed E-state index contributed by atoms with van der Waals surface area (Å²) in [6, 6.07) is 4.55. The van der Waals surface area contributed by atoms with Gasteiger partial charge in [-0.2, -0.15) is 0 Å². The SMILES string of the molecule is O=C(/C=C/c1csc([N+](=O)[O-])c1)c1ccc(O)cc1F. The zero-order chi connectivity index (χ0) is 14.7. The van der Waals surface area contributed by atoms with Gasteiger partial charge in [-0.1, -0.05) is 11.3 Å². The molecule has 0 aliphatic heterocycles. The first-order chi connectivity index (χ1) is 9.47. The molecule has 0 saturated carbocycles. The van der Waals surface area contributed by atoms with Gasteiger partial charge in [0.05, 0.1) is 10.5 Å². The van der Waals surface area contributed by atoms with Crippen LogP contribution < -0.4 is 0 Å². The Morgan fingerprint density at radius 3 is 2.75 bits per heavy atom. The van der Waals surface area contributed by atoms with Crippen LogP contribution in [-0.2, 0) is 0 Å². The molecule has 0 fully saturated rings. The molecule has 0 radical (unpaired) electrons. The van der Waals surface area contributed by atoms with E-state index < -0.39 is 16.5 Å². The van der Waals surface area contributed by atoms with Gasteiger partial charge in [0.15, 0.2) is 5.78 Å². The maximum Gasteiger partial charge on any atom is 0.324 e. The van der Waals surface area contributed by atoms with Gasteiger partial charge in [-0.25, -0.2) is 4.39 Å². The quantitative estimate of drug-likeness (QED) is 0.405. The third-order valence-corrected chi connectivity index (χ3v) is 3.33. The third kappa shape index (κ3) is 3.07. The lowest BCUT2D eigenvalue weighted by Crippen LogP contribution is -1.97. The topological polar surface area (TPSA) is 80.4 Å². The molecule has 0 saturated heterocycles. The summed E-state index contributed by atoms with van der Waals surface area (Å²) in [5.74, 6) is -1.68. The number of nitro groups is 1. The average molecular weight is 293 g/mol. The van der Waals surface area contributed by atoms with Crippen molar-refractivity contribution in [2.45, 2.75) is 0 Å². The Balaban J connectivity index is 2.17. The van der Waals surface area contributed by atoms with Crippen molar-refractivity contribution in [2.24, 2.45) is 0 Å². The Hall–Kier alpha value is -2.54. The van der Waals surface area contributed by atoms with Gasteiger partial charge in [-0.15, -0.1) is 0 Å². The molecular weight excluding hydrogens is 285 g/mol. The minimum atomic E-state index is -0.823. The van der Waals surface area contributed by atoms with Crippen molar-refractivity contribution in [3.8, 4) is 5.75 Å². The van der Waals surface area contributed by atoms with E-state index in [9.17, 15) is 19.3 Å². The first kappa shape index (κ1) is 13.9. The number of allylic oxidation sites excluding steroid dienone is 1. The molecule has 1 aromatic heterocycles. The van der Waals surface area contributed by atoms with E-state index in [0.717, 1.165) is 23.5 Å². The molecule has 102 valence electrons. The predicted octanol–water partition coefficient (Wildman–Crippen LogP) is 3.40. The lowest BCUT2D eigenvalue weighted by atomic mass is 10.1. The van der Waals surface area contributed by atoms with E-state index in [0.29, 0.717) is 5.56 Å². The van der Waals surface area contributed by atoms with E-state index in [4.69, 9.17) is 5.11 Å². The molecule has 20 heavy (non-hydrogen) atoms. The Kier molecular flexibility index (Phi) is 3.90. The highest BCUT2D eigenvalue weighted by atomic mass is 32.1. The van der Waals surface area contributed by atoms with Crippen molar-refractivity contribution in [1.29, 1.82) is 0 Å². The van der Waals surface area contributed by atoms with E-state index >= 15 is 0 Å². The lowest BCUT2D eigenvalue weighted by Gasteiger charge is -1.98. The number of ketones is 1. The van der Waals surface area contributed by atoms with Crippen LogP contribution in [0.1, 0.15) is 15.9 Å². The fourth-order valence-corrected chi connectivity index (χ4v) is 2.18. The molecule has 0 aliphatic rings. The maximum absolute atomic E-state index is 13.4. The van der Waals surface area contributed by atoms with Gasteiger partial charge < -0.3 is 5.11 Å². The lowest BCUT2D eigenvalue weighted by molar-refractivity contribution is -0.380. The van der Waals surface area contributed by atoms with Crippen molar-refractivity contribution in [2.75, 3.05) is 0 Å². The van der Waals surface area contributed by atoms with E-state index in [1.807, 2.05) is 0 Å². The number of thiophene rings is 1. The Labute approximate surface area is 116 Å². The molecule has 1 aromatic carbocycles. The minimum absolute atomic E-state index is 0.0343. The molecule has 7 heteroatoms. The van der Waals surface area contributed by atoms with Gasteiger partial charge in [0.25, 0.3) is 0 Å². The van der Waals surface area contributed by atoms with Crippen molar-refractivity contribution in [3.63, 3.8) is 0 Å². The van der Waals surface area contributed by atoms with Crippen LogP contribution in [0, 0.1) is 15.9 Å². The molecule has 0 spiro atoms. The summed E-state index contributed by atoms with van der Waals surface area (Å²) in [4.78, 5) is 21.7. The van der Waals surface area contributed by atoms with Gasteiger partial charge >= 0.3 is 5.00 Å². The van der Waals surface area contributed by atoms with Crippen molar-refractivity contribution in [1.82, 2.24) is 0 Å². The minimum Gasteiger partial charge on any atom is -0.508 e. The molecule has 1 N–H and O–H groups in total. The number of carbonyl (C=O) groups excluding carboxylic acids is 1. The summed E-state index contributed by atoms with van der Waals surface area (Å²) in [6.07, 6.45) is 2.50. The highest BCUT2D eigenvalue weighted by Gasteiger charge is 2.11. The zero-order valence-corrected chi connectivity index (χ0v) is 10.8. The number of nitrogens with zero attached hydrogens (tertiary/aromatic N) is 1. The molecule has 0 atom stereocenters. The van der Waals surface area contributed by atoms with Crippen LogP contribution in [0.5, 0.6) is 5.75 Å². The molecular formula is C13H8FNO4S. The van der Waals surface area contributed by atoms with Crippen molar-refractivity contribution in [3.05, 3.63) is 62.8 Å². The largest absolute Gasteiger partial charge is 0.508 e. The van der Waals surface area contributed by atoms with Gasteiger partial charge in [-0.3, -0.25) is 14.9 Å². The summed E-state index contributed by atoms with van der Waals surface area (Å²) < 4.78 is 13.4. The number of hydrogen-bond donors (Lipinski definition) is 1. The first-order valence-electron chi connectivity index (χ1n) is 5.41. The number of carbonyl (C=O) groups is 1. The molecule has 0 aliphatic carbocycles. The summed E-state index contributed by atoms with van der Waals surface area (Å²) >= 11 is 0.941. The van der Waals surface area contributed by atoms with Crippen LogP contribution >= 0.6 is 11.3 Å². The molecule has 2 rings (SSSR count). The Morgan fingerprint density at radius 1 is 1.40 bits per heavy atom. The summed E-state index contributed by atoms with van der Waals surface area (Å²) in [5.41, 5.74) is 0.318. The monoisotopic (exact) mass is 293 g/mol. The number of benzene rings is 1. The van der Waals surface area contributed by atoms with Crippen LogP contribution in [0.2, 0.25) is 0 Å². The van der Waals surface area contributed by atoms with Gasteiger partial charge in [-0.05, 0) is 29.8 Å². The number of phenols is 1. The number of halogens is 1. The second-order valence-corrected chi connectivity index (χ2v) is 4.73. The Bertz CT molecular complexity index is 708. The highest BCUT2D eigenvalue weighted by molar-refractivity contribution is 7.13. The second-order valence-electron chi connectivity index (χ2n) is 3.84. The molecule has 2 aromatic rings. The average Bonchev–Trinajstić information content (AvgIpc) is 2.85. The molecule has 0 amide bonds. The predicted molar refractivity (Wildman–Crippen MR) is 72.4 cm³/mol. The maximum atomic E-state index is 13.4. The highest BCUT2D eigenvalue weighted by Crippen LogP contribution is 2.23. The number of hydrogen-bond acceptors (Lipinski definition) is 5. The molecule has 0 unspecified atom stereocenters. The van der Waals surface area contributed by atoms with E-state index in [2.05, 4.69) is 0 Å². The smallest absolute Gasteiger partial charge is 0.324 e. The van der Waals surface area contributed by atoms with Crippen LogP contribution in [-0.4, -0.2) is 15.8 Å².